The molecule has 1 saturated heterocycles. The lowest BCUT2D eigenvalue weighted by Gasteiger charge is -2.40. The third-order valence-electron chi connectivity index (χ3n) is 5.11. The van der Waals surface area contributed by atoms with Gasteiger partial charge in [-0.15, -0.1) is 0 Å². The van der Waals surface area contributed by atoms with Crippen LogP contribution in [0.3, 0.4) is 0 Å². The van der Waals surface area contributed by atoms with Gasteiger partial charge in [0.05, 0.1) is 44.1 Å². The van der Waals surface area contributed by atoms with E-state index in [4.69, 9.17) is 14.0 Å². The molecule has 0 saturated carbocycles. The SMILES string of the molecule is C[C@H]1OC(COS(=O)(=O)O)CC(OCc2ccccc2)C1NCC(=O)c1ccccc1. The normalized spacial score (nSPS) is 24.1. The zero-order valence-corrected chi connectivity index (χ0v) is 18.0. The summed E-state index contributed by atoms with van der Waals surface area (Å²) >= 11 is 0. The lowest BCUT2D eigenvalue weighted by molar-refractivity contribution is -0.141. The largest absolute Gasteiger partial charge is 0.397 e. The number of Topliss-reactive ketones (excluding diaryl/α,β-unsaturated/α-hetero) is 1. The molecular formula is C22H27NO7S. The Balaban J connectivity index is 1.65. The van der Waals surface area contributed by atoms with Gasteiger partial charge in [0, 0.05) is 12.0 Å². The topological polar surface area (TPSA) is 111 Å². The fourth-order valence-corrected chi connectivity index (χ4v) is 3.93. The first kappa shape index (κ1) is 23.5. The van der Waals surface area contributed by atoms with Gasteiger partial charge in [-0.05, 0) is 12.5 Å². The van der Waals surface area contributed by atoms with Crippen LogP contribution in [-0.4, -0.2) is 56.3 Å². The van der Waals surface area contributed by atoms with Gasteiger partial charge in [0.15, 0.2) is 5.78 Å². The summed E-state index contributed by atoms with van der Waals surface area (Å²) in [7, 11) is -4.56. The van der Waals surface area contributed by atoms with Crippen LogP contribution in [0.15, 0.2) is 60.7 Å². The maximum absolute atomic E-state index is 12.5. The first-order valence-electron chi connectivity index (χ1n) is 10.1. The summed E-state index contributed by atoms with van der Waals surface area (Å²) in [5.41, 5.74) is 1.60. The van der Waals surface area contributed by atoms with E-state index < -0.39 is 16.5 Å². The van der Waals surface area contributed by atoms with E-state index in [1.807, 2.05) is 55.5 Å². The van der Waals surface area contributed by atoms with E-state index in [2.05, 4.69) is 9.50 Å². The van der Waals surface area contributed by atoms with Crippen LogP contribution in [-0.2, 0) is 30.7 Å². The predicted molar refractivity (Wildman–Crippen MR) is 114 cm³/mol. The van der Waals surface area contributed by atoms with E-state index in [0.717, 1.165) is 5.56 Å². The van der Waals surface area contributed by atoms with E-state index in [0.29, 0.717) is 18.6 Å². The smallest absolute Gasteiger partial charge is 0.372 e. The van der Waals surface area contributed by atoms with Gasteiger partial charge in [-0.3, -0.25) is 9.35 Å². The Morgan fingerprint density at radius 2 is 1.77 bits per heavy atom. The van der Waals surface area contributed by atoms with Gasteiger partial charge in [-0.25, -0.2) is 4.18 Å². The molecule has 1 aliphatic heterocycles. The van der Waals surface area contributed by atoms with Crippen LogP contribution in [0.2, 0.25) is 0 Å². The summed E-state index contributed by atoms with van der Waals surface area (Å²) < 4.78 is 47.2. The van der Waals surface area contributed by atoms with E-state index in [1.54, 1.807) is 12.1 Å². The van der Waals surface area contributed by atoms with Crippen molar-refractivity contribution in [3.8, 4) is 0 Å². The van der Waals surface area contributed by atoms with Gasteiger partial charge in [0.2, 0.25) is 0 Å². The molecule has 2 aromatic rings. The van der Waals surface area contributed by atoms with Crippen LogP contribution in [0.1, 0.15) is 29.3 Å². The standard InChI is InChI=1S/C22H27NO7S/c1-16-22(23-13-20(24)18-10-6-3-7-11-18)21(28-14-17-8-4-2-5-9-17)12-19(30-16)15-29-31(25,26)27/h2-11,16,19,21-23H,12-15H2,1H3,(H,25,26,27)/t16-,19?,21?,22?/m1/s1. The van der Waals surface area contributed by atoms with Crippen molar-refractivity contribution in [1.82, 2.24) is 5.32 Å². The molecule has 0 bridgehead atoms. The number of carbonyl (C=O) groups excluding carboxylic acids is 1. The predicted octanol–water partition coefficient (Wildman–Crippen LogP) is 2.41. The zero-order valence-electron chi connectivity index (χ0n) is 17.2. The molecule has 31 heavy (non-hydrogen) atoms. The second-order valence-corrected chi connectivity index (χ2v) is 8.53. The molecule has 8 nitrogen and oxygen atoms in total. The first-order chi connectivity index (χ1) is 14.8. The van der Waals surface area contributed by atoms with Gasteiger partial charge >= 0.3 is 10.4 Å². The Kier molecular flexibility index (Phi) is 8.30. The van der Waals surface area contributed by atoms with Crippen molar-refractivity contribution < 1.29 is 31.4 Å². The van der Waals surface area contributed by atoms with Crippen molar-refractivity contribution in [3.05, 3.63) is 71.8 Å². The van der Waals surface area contributed by atoms with E-state index >= 15 is 0 Å². The van der Waals surface area contributed by atoms with Crippen molar-refractivity contribution in [2.75, 3.05) is 13.2 Å². The number of carbonyl (C=O) groups is 1. The quantitative estimate of drug-likeness (QED) is 0.420. The molecule has 0 aromatic heterocycles. The van der Waals surface area contributed by atoms with E-state index in [-0.39, 0.29) is 37.2 Å². The Morgan fingerprint density at radius 1 is 1.13 bits per heavy atom. The molecule has 168 valence electrons. The first-order valence-corrected chi connectivity index (χ1v) is 11.4. The molecule has 3 unspecified atom stereocenters. The molecule has 1 heterocycles. The number of nitrogens with one attached hydrogen (secondary N) is 1. The summed E-state index contributed by atoms with van der Waals surface area (Å²) in [5, 5.41) is 3.24. The number of hydrogen-bond donors (Lipinski definition) is 2. The molecule has 2 N–H and O–H groups in total. The Morgan fingerprint density at radius 3 is 2.42 bits per heavy atom. The van der Waals surface area contributed by atoms with Crippen molar-refractivity contribution in [2.45, 2.75) is 44.3 Å². The number of benzene rings is 2. The maximum atomic E-state index is 12.5. The molecule has 0 aliphatic carbocycles. The average molecular weight is 450 g/mol. The fourth-order valence-electron chi connectivity index (χ4n) is 3.60. The van der Waals surface area contributed by atoms with Crippen LogP contribution in [0, 0.1) is 0 Å². The second kappa shape index (κ2) is 10.9. The highest BCUT2D eigenvalue weighted by Gasteiger charge is 2.38. The van der Waals surface area contributed by atoms with Gasteiger partial charge in [0.25, 0.3) is 0 Å². The van der Waals surface area contributed by atoms with Gasteiger partial charge in [-0.1, -0.05) is 60.7 Å². The molecule has 0 spiro atoms. The van der Waals surface area contributed by atoms with Crippen LogP contribution < -0.4 is 5.32 Å². The zero-order chi connectivity index (χ0) is 22.3. The minimum atomic E-state index is -4.56. The number of rotatable bonds is 10. The number of ketones is 1. The monoisotopic (exact) mass is 449 g/mol. The Bertz CT molecular complexity index is 937. The molecule has 0 radical (unpaired) electrons. The average Bonchev–Trinajstić information content (AvgIpc) is 2.76. The summed E-state index contributed by atoms with van der Waals surface area (Å²) in [6.45, 7) is 1.97. The highest BCUT2D eigenvalue weighted by atomic mass is 32.3. The minimum absolute atomic E-state index is 0.0496. The molecule has 1 aliphatic rings. The van der Waals surface area contributed by atoms with Crippen LogP contribution >= 0.6 is 0 Å². The highest BCUT2D eigenvalue weighted by molar-refractivity contribution is 7.80. The van der Waals surface area contributed by atoms with Gasteiger partial charge in [0.1, 0.15) is 0 Å². The third-order valence-corrected chi connectivity index (χ3v) is 5.55. The summed E-state index contributed by atoms with van der Waals surface area (Å²) in [4.78, 5) is 12.5. The molecule has 9 heteroatoms. The Labute approximate surface area is 182 Å². The van der Waals surface area contributed by atoms with Crippen LogP contribution in [0.25, 0.3) is 0 Å². The second-order valence-electron chi connectivity index (χ2n) is 7.44. The molecule has 3 rings (SSSR count). The molecule has 4 atom stereocenters. The van der Waals surface area contributed by atoms with Gasteiger partial charge in [-0.2, -0.15) is 8.42 Å². The van der Waals surface area contributed by atoms with E-state index in [1.165, 1.54) is 0 Å². The maximum Gasteiger partial charge on any atom is 0.397 e. The minimum Gasteiger partial charge on any atom is -0.372 e. The fraction of sp³-hybridized carbons (Fsp3) is 0.409. The van der Waals surface area contributed by atoms with Crippen molar-refractivity contribution in [2.24, 2.45) is 0 Å². The van der Waals surface area contributed by atoms with E-state index in [9.17, 15) is 13.2 Å². The lowest BCUT2D eigenvalue weighted by Crippen LogP contribution is -2.57. The van der Waals surface area contributed by atoms with Crippen molar-refractivity contribution in [3.63, 3.8) is 0 Å². The number of ether oxygens (including phenoxy) is 2. The van der Waals surface area contributed by atoms with Gasteiger partial charge < -0.3 is 14.8 Å². The van der Waals surface area contributed by atoms with Crippen molar-refractivity contribution >= 4 is 16.2 Å². The van der Waals surface area contributed by atoms with Crippen LogP contribution in [0.5, 0.6) is 0 Å². The Hall–Kier alpha value is -2.14. The lowest BCUT2D eigenvalue weighted by atomic mass is 9.95. The summed E-state index contributed by atoms with van der Waals surface area (Å²) in [6.07, 6.45) is -0.986. The molecule has 2 aromatic carbocycles. The summed E-state index contributed by atoms with van der Waals surface area (Å²) in [5.74, 6) is -0.0496. The van der Waals surface area contributed by atoms with Crippen molar-refractivity contribution in [1.29, 1.82) is 0 Å². The summed E-state index contributed by atoms with van der Waals surface area (Å²) in [6, 6.07) is 18.4. The molecular weight excluding hydrogens is 422 g/mol. The number of hydrogen-bond acceptors (Lipinski definition) is 7. The third kappa shape index (κ3) is 7.49. The molecule has 0 amide bonds. The highest BCUT2D eigenvalue weighted by Crippen LogP contribution is 2.24. The molecule has 1 fully saturated rings. The van der Waals surface area contributed by atoms with Crippen LogP contribution in [0.4, 0.5) is 0 Å².